The topological polar surface area (TPSA) is 30.5 Å². The number of benzene rings is 2. The van der Waals surface area contributed by atoms with Gasteiger partial charge in [-0.3, -0.25) is 0 Å². The van der Waals surface area contributed by atoms with Crippen LogP contribution in [-0.4, -0.2) is 14.2 Å². The third-order valence-corrected chi connectivity index (χ3v) is 3.10. The molecule has 106 valence electrons. The monoisotopic (exact) mass is 275 g/mol. The Kier molecular flexibility index (Phi) is 4.45. The van der Waals surface area contributed by atoms with Gasteiger partial charge in [0, 0.05) is 12.2 Å². The number of methoxy groups -OCH3 is 2. The highest BCUT2D eigenvalue weighted by Crippen LogP contribution is 2.27. The highest BCUT2D eigenvalue weighted by Gasteiger charge is 2.05. The molecule has 0 aromatic heterocycles. The maximum absolute atomic E-state index is 13.2. The van der Waals surface area contributed by atoms with Crippen molar-refractivity contribution in [2.24, 2.45) is 0 Å². The zero-order chi connectivity index (χ0) is 14.5. The fraction of sp³-hybridized carbons (Fsp3) is 0.250. The summed E-state index contributed by atoms with van der Waals surface area (Å²) in [6, 6.07) is 10.7. The lowest BCUT2D eigenvalue weighted by atomic mass is 10.1. The van der Waals surface area contributed by atoms with Gasteiger partial charge >= 0.3 is 0 Å². The fourth-order valence-electron chi connectivity index (χ4n) is 1.95. The molecule has 2 rings (SSSR count). The lowest BCUT2D eigenvalue weighted by molar-refractivity contribution is 0.354. The first-order valence-corrected chi connectivity index (χ1v) is 6.35. The average Bonchev–Trinajstić information content (AvgIpc) is 2.48. The first-order chi connectivity index (χ1) is 9.63. The van der Waals surface area contributed by atoms with Gasteiger partial charge in [-0.25, -0.2) is 4.39 Å². The van der Waals surface area contributed by atoms with E-state index in [-0.39, 0.29) is 5.82 Å². The summed E-state index contributed by atoms with van der Waals surface area (Å²) in [7, 11) is 3.22. The molecule has 0 aliphatic heterocycles. The van der Waals surface area contributed by atoms with E-state index in [1.165, 1.54) is 6.07 Å². The molecule has 20 heavy (non-hydrogen) atoms. The van der Waals surface area contributed by atoms with Crippen molar-refractivity contribution >= 4 is 5.69 Å². The molecule has 2 aromatic rings. The van der Waals surface area contributed by atoms with Gasteiger partial charge in [0.2, 0.25) is 0 Å². The number of aryl methyl sites for hydroxylation is 1. The van der Waals surface area contributed by atoms with Crippen LogP contribution in [0.5, 0.6) is 11.5 Å². The van der Waals surface area contributed by atoms with E-state index in [1.807, 2.05) is 18.2 Å². The van der Waals surface area contributed by atoms with E-state index in [0.717, 1.165) is 11.3 Å². The molecule has 0 aliphatic carbocycles. The number of rotatable bonds is 5. The Bertz CT molecular complexity index is 599. The first-order valence-electron chi connectivity index (χ1n) is 6.35. The summed E-state index contributed by atoms with van der Waals surface area (Å²) >= 11 is 0. The molecule has 4 heteroatoms. The normalized spacial score (nSPS) is 10.2. The van der Waals surface area contributed by atoms with Crippen LogP contribution in [-0.2, 0) is 6.54 Å². The molecule has 3 nitrogen and oxygen atoms in total. The Morgan fingerprint density at radius 1 is 1.00 bits per heavy atom. The molecule has 0 heterocycles. The molecule has 0 bridgehead atoms. The summed E-state index contributed by atoms with van der Waals surface area (Å²) < 4.78 is 23.6. The predicted molar refractivity (Wildman–Crippen MR) is 78.0 cm³/mol. The van der Waals surface area contributed by atoms with E-state index in [9.17, 15) is 4.39 Å². The van der Waals surface area contributed by atoms with Crippen LogP contribution >= 0.6 is 0 Å². The van der Waals surface area contributed by atoms with Gasteiger partial charge in [0.1, 0.15) is 5.82 Å². The second kappa shape index (κ2) is 6.28. The number of anilines is 1. The lowest BCUT2D eigenvalue weighted by Gasteiger charge is -2.11. The van der Waals surface area contributed by atoms with Crippen molar-refractivity contribution in [1.82, 2.24) is 0 Å². The molecule has 0 amide bonds. The van der Waals surface area contributed by atoms with Crippen LogP contribution < -0.4 is 14.8 Å². The molecule has 0 fully saturated rings. The van der Waals surface area contributed by atoms with Gasteiger partial charge < -0.3 is 14.8 Å². The Hall–Kier alpha value is -2.23. The summed E-state index contributed by atoms with van der Waals surface area (Å²) in [5.41, 5.74) is 2.57. The number of halogens is 1. The van der Waals surface area contributed by atoms with Crippen molar-refractivity contribution in [3.63, 3.8) is 0 Å². The summed E-state index contributed by atoms with van der Waals surface area (Å²) in [5.74, 6) is 1.21. The lowest BCUT2D eigenvalue weighted by Crippen LogP contribution is -2.01. The van der Waals surface area contributed by atoms with Gasteiger partial charge in [-0.2, -0.15) is 0 Å². The SMILES string of the molecule is COc1ccc(CNc2ccc(F)c(C)c2)cc1OC. The number of ether oxygens (including phenoxy) is 2. The molecule has 1 N–H and O–H groups in total. The molecule has 0 unspecified atom stereocenters. The number of nitrogens with one attached hydrogen (secondary N) is 1. The van der Waals surface area contributed by atoms with E-state index >= 15 is 0 Å². The average molecular weight is 275 g/mol. The van der Waals surface area contributed by atoms with Crippen LogP contribution in [0.2, 0.25) is 0 Å². The Balaban J connectivity index is 2.08. The standard InChI is InChI=1S/C16H18FNO2/c1-11-8-13(5-6-14(11)17)18-10-12-4-7-15(19-2)16(9-12)20-3/h4-9,18H,10H2,1-3H3. The Morgan fingerprint density at radius 3 is 2.40 bits per heavy atom. The molecule has 0 spiro atoms. The second-order valence-corrected chi connectivity index (χ2v) is 4.51. The minimum Gasteiger partial charge on any atom is -0.493 e. The van der Waals surface area contributed by atoms with Crippen LogP contribution in [0.15, 0.2) is 36.4 Å². The second-order valence-electron chi connectivity index (χ2n) is 4.51. The molecule has 0 radical (unpaired) electrons. The molecular weight excluding hydrogens is 257 g/mol. The zero-order valence-corrected chi connectivity index (χ0v) is 11.9. The van der Waals surface area contributed by atoms with Crippen LogP contribution in [0.4, 0.5) is 10.1 Å². The smallest absolute Gasteiger partial charge is 0.161 e. The number of hydrogen-bond acceptors (Lipinski definition) is 3. The van der Waals surface area contributed by atoms with Gasteiger partial charge in [0.25, 0.3) is 0 Å². The minimum absolute atomic E-state index is 0.193. The van der Waals surface area contributed by atoms with Crippen LogP contribution in [0, 0.1) is 12.7 Å². The van der Waals surface area contributed by atoms with E-state index < -0.39 is 0 Å². The molecule has 0 saturated carbocycles. The summed E-state index contributed by atoms with van der Waals surface area (Å²) in [6.45, 7) is 2.38. The third-order valence-electron chi connectivity index (χ3n) is 3.10. The van der Waals surface area contributed by atoms with E-state index in [0.29, 0.717) is 23.6 Å². The van der Waals surface area contributed by atoms with Gasteiger partial charge in [0.05, 0.1) is 14.2 Å². The van der Waals surface area contributed by atoms with Gasteiger partial charge in [0.15, 0.2) is 11.5 Å². The maximum atomic E-state index is 13.2. The summed E-state index contributed by atoms with van der Waals surface area (Å²) in [4.78, 5) is 0. The van der Waals surface area contributed by atoms with Crippen molar-refractivity contribution in [2.45, 2.75) is 13.5 Å². The van der Waals surface area contributed by atoms with Gasteiger partial charge in [-0.15, -0.1) is 0 Å². The highest BCUT2D eigenvalue weighted by molar-refractivity contribution is 5.48. The summed E-state index contributed by atoms with van der Waals surface area (Å²) in [5, 5.41) is 3.25. The van der Waals surface area contributed by atoms with Crippen molar-refractivity contribution < 1.29 is 13.9 Å². The molecule has 0 atom stereocenters. The van der Waals surface area contributed by atoms with E-state index in [1.54, 1.807) is 33.3 Å². The highest BCUT2D eigenvalue weighted by atomic mass is 19.1. The van der Waals surface area contributed by atoms with E-state index in [2.05, 4.69) is 5.32 Å². The minimum atomic E-state index is -0.193. The Morgan fingerprint density at radius 2 is 1.75 bits per heavy atom. The molecule has 0 saturated heterocycles. The third kappa shape index (κ3) is 3.20. The van der Waals surface area contributed by atoms with Gasteiger partial charge in [-0.05, 0) is 48.4 Å². The maximum Gasteiger partial charge on any atom is 0.161 e. The summed E-state index contributed by atoms with van der Waals surface area (Å²) in [6.07, 6.45) is 0. The van der Waals surface area contributed by atoms with E-state index in [4.69, 9.17) is 9.47 Å². The largest absolute Gasteiger partial charge is 0.493 e. The van der Waals surface area contributed by atoms with Crippen molar-refractivity contribution in [1.29, 1.82) is 0 Å². The molecular formula is C16H18FNO2. The molecule has 2 aromatic carbocycles. The van der Waals surface area contributed by atoms with Crippen LogP contribution in [0.3, 0.4) is 0 Å². The van der Waals surface area contributed by atoms with Crippen LogP contribution in [0.25, 0.3) is 0 Å². The predicted octanol–water partition coefficient (Wildman–Crippen LogP) is 3.76. The van der Waals surface area contributed by atoms with Crippen molar-refractivity contribution in [2.75, 3.05) is 19.5 Å². The van der Waals surface area contributed by atoms with Gasteiger partial charge in [-0.1, -0.05) is 6.07 Å². The zero-order valence-electron chi connectivity index (χ0n) is 11.9. The van der Waals surface area contributed by atoms with Crippen LogP contribution in [0.1, 0.15) is 11.1 Å². The number of hydrogen-bond donors (Lipinski definition) is 1. The molecule has 0 aliphatic rings. The Labute approximate surface area is 118 Å². The van der Waals surface area contributed by atoms with Crippen molar-refractivity contribution in [3.05, 3.63) is 53.3 Å². The first kappa shape index (κ1) is 14.2. The quantitative estimate of drug-likeness (QED) is 0.901. The fourth-order valence-corrected chi connectivity index (χ4v) is 1.95. The van der Waals surface area contributed by atoms with Crippen molar-refractivity contribution in [3.8, 4) is 11.5 Å².